The van der Waals surface area contributed by atoms with E-state index in [1.807, 2.05) is 30.3 Å². The molecule has 0 aliphatic carbocycles. The van der Waals surface area contributed by atoms with E-state index < -0.39 is 5.97 Å². The number of carboxylic acids is 1. The van der Waals surface area contributed by atoms with Crippen LogP contribution in [-0.4, -0.2) is 20.9 Å². The third kappa shape index (κ3) is 3.43. The van der Waals surface area contributed by atoms with Crippen LogP contribution < -0.4 is 16.1 Å². The summed E-state index contributed by atoms with van der Waals surface area (Å²) in [4.78, 5) is 24.1. The quantitative estimate of drug-likeness (QED) is 0.564. The van der Waals surface area contributed by atoms with Crippen LogP contribution in [0.3, 0.4) is 0 Å². The van der Waals surface area contributed by atoms with Gasteiger partial charge in [-0.1, -0.05) is 36.9 Å². The van der Waals surface area contributed by atoms with Gasteiger partial charge in [-0.15, -0.1) is 0 Å². The predicted molar refractivity (Wildman–Crippen MR) is 111 cm³/mol. The maximum atomic E-state index is 12.8. The van der Waals surface area contributed by atoms with Crippen LogP contribution in [0, 0.1) is 6.92 Å². The second-order valence-corrected chi connectivity index (χ2v) is 6.66. The van der Waals surface area contributed by atoms with Gasteiger partial charge in [0, 0.05) is 5.56 Å². The van der Waals surface area contributed by atoms with E-state index in [1.54, 1.807) is 43.3 Å². The number of nitrogens with zero attached hydrogens (tertiary/aromatic N) is 1. The molecule has 6 heteroatoms. The van der Waals surface area contributed by atoms with Crippen LogP contribution in [0.4, 0.5) is 0 Å². The number of hydrogen-bond acceptors (Lipinski definition) is 3. The van der Waals surface area contributed by atoms with Gasteiger partial charge >= 0.3 is 5.97 Å². The minimum absolute atomic E-state index is 0.223. The lowest BCUT2D eigenvalue weighted by Gasteiger charge is -2.03. The Kier molecular flexibility index (Phi) is 4.52. The van der Waals surface area contributed by atoms with Gasteiger partial charge in [-0.05, 0) is 48.9 Å². The fourth-order valence-corrected chi connectivity index (χ4v) is 3.14. The van der Waals surface area contributed by atoms with Gasteiger partial charge in [0.15, 0.2) is 0 Å². The zero-order valence-electron chi connectivity index (χ0n) is 15.7. The number of carbonyl (C=O) groups is 1. The van der Waals surface area contributed by atoms with Crippen molar-refractivity contribution in [3.05, 3.63) is 98.5 Å². The average Bonchev–Trinajstić information content (AvgIpc) is 3.29. The fourth-order valence-electron chi connectivity index (χ4n) is 3.14. The van der Waals surface area contributed by atoms with Gasteiger partial charge in [-0.25, -0.2) is 9.48 Å². The molecular weight excluding hydrogens is 368 g/mol. The number of aryl methyl sites for hydroxylation is 1. The van der Waals surface area contributed by atoms with Crippen LogP contribution in [0.5, 0.6) is 0 Å². The lowest BCUT2D eigenvalue weighted by atomic mass is 10.0. The lowest BCUT2D eigenvalue weighted by molar-refractivity contribution is 0.0696. The van der Waals surface area contributed by atoms with Crippen LogP contribution in [0.25, 0.3) is 29.7 Å². The van der Waals surface area contributed by atoms with Crippen molar-refractivity contribution in [3.63, 3.8) is 0 Å². The lowest BCUT2D eigenvalue weighted by Crippen LogP contribution is -2.33. The number of hydrogen-bond donors (Lipinski definition) is 2. The van der Waals surface area contributed by atoms with Crippen molar-refractivity contribution < 1.29 is 14.3 Å². The number of para-hydroxylation sites is 1. The highest BCUT2D eigenvalue weighted by atomic mass is 16.4. The van der Waals surface area contributed by atoms with Crippen LogP contribution >= 0.6 is 0 Å². The van der Waals surface area contributed by atoms with Gasteiger partial charge in [0.2, 0.25) is 0 Å². The van der Waals surface area contributed by atoms with E-state index in [2.05, 4.69) is 11.7 Å². The van der Waals surface area contributed by atoms with Crippen LogP contribution in [-0.2, 0) is 0 Å². The van der Waals surface area contributed by atoms with Crippen LogP contribution in [0.2, 0.25) is 0 Å². The van der Waals surface area contributed by atoms with Gasteiger partial charge in [0.1, 0.15) is 11.5 Å². The first kappa shape index (κ1) is 18.3. The number of aromatic nitrogens is 2. The Labute approximate surface area is 165 Å². The summed E-state index contributed by atoms with van der Waals surface area (Å²) in [7, 11) is 0. The molecule has 2 heterocycles. The molecule has 0 spiro atoms. The molecule has 0 fully saturated rings. The highest BCUT2D eigenvalue weighted by molar-refractivity contribution is 5.90. The molecule has 0 atom stereocenters. The summed E-state index contributed by atoms with van der Waals surface area (Å²) in [5.74, 6) is 0.000112. The number of furan rings is 1. The highest BCUT2D eigenvalue weighted by Crippen LogP contribution is 2.25. The van der Waals surface area contributed by atoms with Gasteiger partial charge in [-0.3, -0.25) is 9.89 Å². The van der Waals surface area contributed by atoms with Gasteiger partial charge in [0.25, 0.3) is 5.56 Å². The highest BCUT2D eigenvalue weighted by Gasteiger charge is 2.11. The molecule has 0 amide bonds. The first-order valence-electron chi connectivity index (χ1n) is 8.95. The molecular formula is C23H18N2O4. The van der Waals surface area contributed by atoms with Crippen molar-refractivity contribution in [2.75, 3.05) is 0 Å². The van der Waals surface area contributed by atoms with E-state index in [4.69, 9.17) is 4.42 Å². The molecule has 0 radical (unpaired) electrons. The van der Waals surface area contributed by atoms with E-state index in [9.17, 15) is 14.7 Å². The number of rotatable bonds is 4. The Balaban J connectivity index is 1.76. The molecule has 4 rings (SSSR count). The first-order valence-corrected chi connectivity index (χ1v) is 8.95. The van der Waals surface area contributed by atoms with Gasteiger partial charge in [0.05, 0.1) is 21.8 Å². The van der Waals surface area contributed by atoms with Crippen molar-refractivity contribution in [1.29, 1.82) is 0 Å². The molecule has 0 aliphatic rings. The molecule has 2 N–H and O–H groups in total. The molecule has 0 aliphatic heterocycles. The maximum Gasteiger partial charge on any atom is 0.335 e. The number of nitrogens with one attached hydrogen (secondary N) is 1. The zero-order valence-corrected chi connectivity index (χ0v) is 15.7. The molecule has 0 unspecified atom stereocenters. The van der Waals surface area contributed by atoms with Crippen molar-refractivity contribution in [2.24, 2.45) is 0 Å². The molecule has 2 aromatic carbocycles. The van der Waals surface area contributed by atoms with E-state index >= 15 is 0 Å². The monoisotopic (exact) mass is 386 g/mol. The summed E-state index contributed by atoms with van der Waals surface area (Å²) in [5, 5.41) is 13.1. The molecule has 0 saturated heterocycles. The summed E-state index contributed by atoms with van der Waals surface area (Å²) >= 11 is 0. The second-order valence-electron chi connectivity index (χ2n) is 6.66. The summed E-state index contributed by atoms with van der Waals surface area (Å²) in [6.45, 7) is 5.66. The van der Waals surface area contributed by atoms with Gasteiger partial charge < -0.3 is 9.52 Å². The first-order chi connectivity index (χ1) is 13.9. The third-order valence-corrected chi connectivity index (χ3v) is 4.69. The maximum absolute atomic E-state index is 12.8. The fraction of sp³-hybridized carbons (Fsp3) is 0.0435. The minimum Gasteiger partial charge on any atom is -0.478 e. The van der Waals surface area contributed by atoms with Gasteiger partial charge in [-0.2, -0.15) is 0 Å². The molecule has 0 bridgehead atoms. The Morgan fingerprint density at radius 2 is 1.90 bits per heavy atom. The number of H-pyrrole nitrogens is 1. The molecule has 2 aromatic heterocycles. The Morgan fingerprint density at radius 1 is 1.14 bits per heavy atom. The van der Waals surface area contributed by atoms with Crippen molar-refractivity contribution >= 4 is 18.6 Å². The zero-order chi connectivity index (χ0) is 20.5. The van der Waals surface area contributed by atoms with Crippen LogP contribution in [0.15, 0.2) is 69.9 Å². The van der Waals surface area contributed by atoms with Crippen molar-refractivity contribution in [1.82, 2.24) is 9.78 Å². The van der Waals surface area contributed by atoms with Crippen molar-refractivity contribution in [3.8, 4) is 17.0 Å². The molecule has 0 saturated carbocycles. The molecule has 4 aromatic rings. The van der Waals surface area contributed by atoms with E-state index in [-0.39, 0.29) is 11.1 Å². The summed E-state index contributed by atoms with van der Waals surface area (Å²) in [6, 6.07) is 17.8. The van der Waals surface area contributed by atoms with Crippen molar-refractivity contribution in [2.45, 2.75) is 6.92 Å². The Hall–Kier alpha value is -4.06. The Morgan fingerprint density at radius 3 is 2.62 bits per heavy atom. The molecule has 144 valence electrons. The van der Waals surface area contributed by atoms with E-state index in [1.165, 1.54) is 4.68 Å². The molecule has 6 nitrogen and oxygen atoms in total. The largest absolute Gasteiger partial charge is 0.478 e. The average molecular weight is 386 g/mol. The Bertz CT molecular complexity index is 1370. The predicted octanol–water partition coefficient (Wildman–Crippen LogP) is 2.67. The third-order valence-electron chi connectivity index (χ3n) is 4.69. The van der Waals surface area contributed by atoms with E-state index in [0.29, 0.717) is 38.9 Å². The van der Waals surface area contributed by atoms with E-state index in [0.717, 1.165) is 0 Å². The minimum atomic E-state index is -0.988. The summed E-state index contributed by atoms with van der Waals surface area (Å²) in [5.41, 5.74) is 2.03. The normalized spacial score (nSPS) is 11.7. The summed E-state index contributed by atoms with van der Waals surface area (Å²) < 4.78 is 7.26. The number of benzene rings is 2. The topological polar surface area (TPSA) is 88.2 Å². The number of aromatic carboxylic acids is 1. The summed E-state index contributed by atoms with van der Waals surface area (Å²) in [6.07, 6.45) is 1.62. The SMILES string of the molecule is C=c1[nH]n(-c2ccccc2)c(=O)/c1=C/c1ccc(-c2ccc(C)c(C(=O)O)c2)o1. The van der Waals surface area contributed by atoms with Crippen LogP contribution in [0.1, 0.15) is 21.7 Å². The molecule has 29 heavy (non-hydrogen) atoms. The number of aromatic amines is 1. The number of carboxylic acid groups (broad SMARTS) is 1. The smallest absolute Gasteiger partial charge is 0.335 e. The standard InChI is InChI=1S/C23H18N2O4/c1-14-8-9-16(12-19(14)23(27)28)21-11-10-18(29-21)13-20-15(2)24-25(22(20)26)17-6-4-3-5-7-17/h3-13,24H,2H2,1H3,(H,27,28)/b20-13+. The second kappa shape index (κ2) is 7.16.